The van der Waals surface area contributed by atoms with Gasteiger partial charge < -0.3 is 15.8 Å². The second kappa shape index (κ2) is 6.39. The molecule has 2 atom stereocenters. The largest absolute Gasteiger partial charge is 0.381 e. The van der Waals surface area contributed by atoms with Gasteiger partial charge in [-0.25, -0.2) is 9.97 Å². The molecule has 2 amide bonds. The van der Waals surface area contributed by atoms with E-state index in [2.05, 4.69) is 29.1 Å². The molecule has 2 unspecified atom stereocenters. The fraction of sp³-hybridized carbons (Fsp3) is 0.600. The van der Waals surface area contributed by atoms with Crippen LogP contribution in [-0.4, -0.2) is 41.0 Å². The third-order valence-electron chi connectivity index (χ3n) is 4.84. The molecule has 7 heteroatoms. The van der Waals surface area contributed by atoms with E-state index in [1.54, 1.807) is 7.11 Å². The van der Waals surface area contributed by atoms with Crippen molar-refractivity contribution < 1.29 is 14.3 Å². The maximum absolute atomic E-state index is 12.4. The first-order chi connectivity index (χ1) is 10.5. The normalized spacial score (nSPS) is 22.7. The van der Waals surface area contributed by atoms with Gasteiger partial charge in [-0.15, -0.1) is 0 Å². The molecule has 0 aromatic carbocycles. The van der Waals surface area contributed by atoms with Crippen molar-refractivity contribution in [3.8, 4) is 0 Å². The van der Waals surface area contributed by atoms with Gasteiger partial charge in [0.1, 0.15) is 0 Å². The summed E-state index contributed by atoms with van der Waals surface area (Å²) >= 11 is 0. The lowest BCUT2D eigenvalue weighted by molar-refractivity contribution is -0.120. The van der Waals surface area contributed by atoms with Crippen LogP contribution in [-0.2, 0) is 4.74 Å². The van der Waals surface area contributed by atoms with E-state index < -0.39 is 11.8 Å². The maximum Gasteiger partial charge on any atom is 0.272 e. The van der Waals surface area contributed by atoms with Crippen LogP contribution in [0, 0.1) is 5.41 Å². The van der Waals surface area contributed by atoms with Crippen LogP contribution in [0.4, 0.5) is 0 Å². The van der Waals surface area contributed by atoms with E-state index >= 15 is 0 Å². The SMILES string of the molecule is CCC1(CC)C(NC(=O)c2nccnc2C(N)=O)CC1OC. The van der Waals surface area contributed by atoms with Crippen LogP contribution < -0.4 is 11.1 Å². The molecule has 0 aliphatic heterocycles. The Hall–Kier alpha value is -2.02. The molecule has 0 radical (unpaired) electrons. The third-order valence-corrected chi connectivity index (χ3v) is 4.84. The van der Waals surface area contributed by atoms with E-state index in [1.807, 2.05) is 0 Å². The molecule has 1 aromatic heterocycles. The zero-order valence-corrected chi connectivity index (χ0v) is 13.1. The highest BCUT2D eigenvalue weighted by molar-refractivity contribution is 6.04. The third kappa shape index (κ3) is 2.56. The van der Waals surface area contributed by atoms with Gasteiger partial charge in [0.25, 0.3) is 11.8 Å². The molecule has 1 saturated carbocycles. The van der Waals surface area contributed by atoms with Crippen molar-refractivity contribution in [2.45, 2.75) is 45.3 Å². The number of nitrogens with one attached hydrogen (secondary N) is 1. The number of ether oxygens (including phenoxy) is 1. The predicted octanol–water partition coefficient (Wildman–Crippen LogP) is 0.899. The molecule has 0 saturated heterocycles. The second-order valence-corrected chi connectivity index (χ2v) is 5.54. The molecule has 1 aromatic rings. The summed E-state index contributed by atoms with van der Waals surface area (Å²) in [6, 6.07) is -0.0114. The number of methoxy groups -OCH3 is 1. The first kappa shape index (κ1) is 16.4. The van der Waals surface area contributed by atoms with Crippen LogP contribution >= 0.6 is 0 Å². The summed E-state index contributed by atoms with van der Waals surface area (Å²) < 4.78 is 5.51. The summed E-state index contributed by atoms with van der Waals surface area (Å²) in [6.07, 6.45) is 5.38. The van der Waals surface area contributed by atoms with Gasteiger partial charge in [-0.3, -0.25) is 9.59 Å². The van der Waals surface area contributed by atoms with Crippen LogP contribution in [0.5, 0.6) is 0 Å². The average Bonchev–Trinajstić information content (AvgIpc) is 2.52. The maximum atomic E-state index is 12.4. The molecule has 0 bridgehead atoms. The van der Waals surface area contributed by atoms with Crippen molar-refractivity contribution in [1.82, 2.24) is 15.3 Å². The number of amides is 2. The van der Waals surface area contributed by atoms with Gasteiger partial charge in [0.15, 0.2) is 11.4 Å². The highest BCUT2D eigenvalue weighted by Gasteiger charge is 2.53. The van der Waals surface area contributed by atoms with Crippen LogP contribution in [0.1, 0.15) is 54.1 Å². The van der Waals surface area contributed by atoms with Crippen molar-refractivity contribution in [2.75, 3.05) is 7.11 Å². The number of primary amides is 1. The molecule has 1 aliphatic rings. The second-order valence-electron chi connectivity index (χ2n) is 5.54. The van der Waals surface area contributed by atoms with Gasteiger partial charge >= 0.3 is 0 Å². The molecular weight excluding hydrogens is 284 g/mol. The van der Waals surface area contributed by atoms with E-state index in [1.165, 1.54) is 12.4 Å². The first-order valence-electron chi connectivity index (χ1n) is 7.44. The predicted molar refractivity (Wildman–Crippen MR) is 80.2 cm³/mol. The number of hydrogen-bond donors (Lipinski definition) is 2. The van der Waals surface area contributed by atoms with Crippen LogP contribution in [0.2, 0.25) is 0 Å². The Morgan fingerprint density at radius 2 is 1.91 bits per heavy atom. The Morgan fingerprint density at radius 1 is 1.32 bits per heavy atom. The summed E-state index contributed by atoms with van der Waals surface area (Å²) in [7, 11) is 1.69. The molecule has 7 nitrogen and oxygen atoms in total. The number of carbonyl (C=O) groups excluding carboxylic acids is 2. The lowest BCUT2D eigenvalue weighted by Crippen LogP contribution is -2.64. The molecule has 22 heavy (non-hydrogen) atoms. The molecule has 1 aliphatic carbocycles. The summed E-state index contributed by atoms with van der Waals surface area (Å²) in [4.78, 5) is 31.6. The van der Waals surface area contributed by atoms with E-state index in [9.17, 15) is 9.59 Å². The number of nitrogens with zero attached hydrogens (tertiary/aromatic N) is 2. The van der Waals surface area contributed by atoms with Gasteiger partial charge in [0.05, 0.1) is 6.10 Å². The fourth-order valence-corrected chi connectivity index (χ4v) is 3.39. The number of rotatable bonds is 6. The minimum atomic E-state index is -0.765. The van der Waals surface area contributed by atoms with E-state index in [0.717, 1.165) is 19.3 Å². The molecular formula is C15H22N4O3. The number of carbonyl (C=O) groups is 2. The number of aromatic nitrogens is 2. The Balaban J connectivity index is 2.18. The standard InChI is InChI=1S/C15H22N4O3/c1-4-15(5-2)9(8-10(15)22-3)19-14(21)12-11(13(16)20)17-6-7-18-12/h6-7,9-10H,4-5,8H2,1-3H3,(H2,16,20)(H,19,21). The summed E-state index contributed by atoms with van der Waals surface area (Å²) in [6.45, 7) is 4.18. The highest BCUT2D eigenvalue weighted by atomic mass is 16.5. The average molecular weight is 306 g/mol. The monoisotopic (exact) mass is 306 g/mol. The molecule has 0 spiro atoms. The highest BCUT2D eigenvalue weighted by Crippen LogP contribution is 2.48. The lowest BCUT2D eigenvalue weighted by Gasteiger charge is -2.55. The Kier molecular flexibility index (Phi) is 4.75. The van der Waals surface area contributed by atoms with Gasteiger partial charge in [-0.05, 0) is 19.3 Å². The number of nitrogens with two attached hydrogens (primary N) is 1. The zero-order valence-electron chi connectivity index (χ0n) is 13.1. The van der Waals surface area contributed by atoms with Gasteiger partial charge in [0, 0.05) is 31.0 Å². The summed E-state index contributed by atoms with van der Waals surface area (Å²) in [5, 5.41) is 2.96. The molecule has 1 fully saturated rings. The van der Waals surface area contributed by atoms with Crippen LogP contribution in [0.15, 0.2) is 12.4 Å². The zero-order chi connectivity index (χ0) is 16.3. The molecule has 1 heterocycles. The summed E-state index contributed by atoms with van der Waals surface area (Å²) in [5.74, 6) is -1.19. The fourth-order valence-electron chi connectivity index (χ4n) is 3.39. The van der Waals surface area contributed by atoms with Crippen molar-refractivity contribution in [2.24, 2.45) is 11.1 Å². The van der Waals surface area contributed by atoms with E-state index in [4.69, 9.17) is 10.5 Å². The summed E-state index contributed by atoms with van der Waals surface area (Å²) in [5.41, 5.74) is 5.01. The van der Waals surface area contributed by atoms with E-state index in [-0.39, 0.29) is 28.9 Å². The van der Waals surface area contributed by atoms with Crippen molar-refractivity contribution in [1.29, 1.82) is 0 Å². The molecule has 120 valence electrons. The number of hydrogen-bond acceptors (Lipinski definition) is 5. The van der Waals surface area contributed by atoms with Crippen LogP contribution in [0.25, 0.3) is 0 Å². The van der Waals surface area contributed by atoms with Crippen molar-refractivity contribution in [3.05, 3.63) is 23.8 Å². The van der Waals surface area contributed by atoms with Gasteiger partial charge in [-0.1, -0.05) is 13.8 Å². The smallest absolute Gasteiger partial charge is 0.272 e. The van der Waals surface area contributed by atoms with E-state index in [0.29, 0.717) is 0 Å². The van der Waals surface area contributed by atoms with Gasteiger partial charge in [0.2, 0.25) is 0 Å². The Bertz CT molecular complexity index is 572. The lowest BCUT2D eigenvalue weighted by atomic mass is 9.58. The van der Waals surface area contributed by atoms with Crippen LogP contribution in [0.3, 0.4) is 0 Å². The van der Waals surface area contributed by atoms with Crippen molar-refractivity contribution in [3.63, 3.8) is 0 Å². The topological polar surface area (TPSA) is 107 Å². The minimum absolute atomic E-state index is 0.0114. The van der Waals surface area contributed by atoms with Gasteiger partial charge in [-0.2, -0.15) is 0 Å². The Morgan fingerprint density at radius 3 is 2.41 bits per heavy atom. The quantitative estimate of drug-likeness (QED) is 0.812. The molecule has 2 rings (SSSR count). The van der Waals surface area contributed by atoms with Crippen molar-refractivity contribution >= 4 is 11.8 Å². The first-order valence-corrected chi connectivity index (χ1v) is 7.44. The Labute approximate surface area is 129 Å². The molecule has 3 N–H and O–H groups in total. The minimum Gasteiger partial charge on any atom is -0.381 e.